The number of nitrogens with one attached hydrogen (secondary N) is 1. The minimum atomic E-state index is 0.0456. The van der Waals surface area contributed by atoms with E-state index in [1.165, 1.54) is 0 Å². The molecule has 1 aliphatic rings. The molecule has 1 aromatic rings. The summed E-state index contributed by atoms with van der Waals surface area (Å²) in [6.07, 6.45) is 2.16. The fraction of sp³-hybridized carbons (Fsp3) is 0.500. The summed E-state index contributed by atoms with van der Waals surface area (Å²) < 4.78 is 6.21. The third-order valence-corrected chi connectivity index (χ3v) is 4.00. The van der Waals surface area contributed by atoms with E-state index >= 15 is 0 Å². The van der Waals surface area contributed by atoms with Gasteiger partial charge in [0.15, 0.2) is 0 Å². The Bertz CT molecular complexity index is 465. The standard InChI is InChI=1S/C14H19BrN2O2/c1-16-11-4-3-7-17(9-11)14(18)12-6-5-10(15)8-13(12)19-2/h5-6,8,11,16H,3-4,7,9H2,1-2H3/t11-/m0/s1. The van der Waals surface area contributed by atoms with Gasteiger partial charge in [-0.3, -0.25) is 4.79 Å². The molecule has 0 aromatic heterocycles. The summed E-state index contributed by atoms with van der Waals surface area (Å²) in [4.78, 5) is 14.5. The number of hydrogen-bond acceptors (Lipinski definition) is 3. The number of likely N-dealkylation sites (N-methyl/N-ethyl adjacent to an activating group) is 1. The fourth-order valence-corrected chi connectivity index (χ4v) is 2.75. The Morgan fingerprint density at radius 1 is 1.53 bits per heavy atom. The molecule has 1 aromatic carbocycles. The number of benzene rings is 1. The summed E-state index contributed by atoms with van der Waals surface area (Å²) in [6, 6.07) is 5.90. The number of likely N-dealkylation sites (tertiary alicyclic amines) is 1. The second kappa shape index (κ2) is 6.39. The van der Waals surface area contributed by atoms with Crippen LogP contribution in [0.5, 0.6) is 5.75 Å². The van der Waals surface area contributed by atoms with Crippen molar-refractivity contribution < 1.29 is 9.53 Å². The monoisotopic (exact) mass is 326 g/mol. The van der Waals surface area contributed by atoms with E-state index in [1.54, 1.807) is 7.11 Å². The summed E-state index contributed by atoms with van der Waals surface area (Å²) in [5.74, 6) is 0.662. The molecule has 104 valence electrons. The molecule has 0 unspecified atom stereocenters. The molecule has 1 saturated heterocycles. The summed E-state index contributed by atoms with van der Waals surface area (Å²) >= 11 is 3.39. The van der Waals surface area contributed by atoms with E-state index in [0.29, 0.717) is 17.4 Å². The van der Waals surface area contributed by atoms with Crippen molar-refractivity contribution in [2.24, 2.45) is 0 Å². The van der Waals surface area contributed by atoms with Crippen LogP contribution in [0, 0.1) is 0 Å². The third kappa shape index (κ3) is 3.28. The van der Waals surface area contributed by atoms with E-state index in [4.69, 9.17) is 4.74 Å². The van der Waals surface area contributed by atoms with Crippen LogP contribution in [0.3, 0.4) is 0 Å². The van der Waals surface area contributed by atoms with Gasteiger partial charge in [0.2, 0.25) is 0 Å². The largest absolute Gasteiger partial charge is 0.496 e. The summed E-state index contributed by atoms with van der Waals surface area (Å²) in [7, 11) is 3.53. The molecule has 2 rings (SSSR count). The molecule has 1 N–H and O–H groups in total. The number of nitrogens with zero attached hydrogens (tertiary/aromatic N) is 1. The second-order valence-corrected chi connectivity index (χ2v) is 5.64. The van der Waals surface area contributed by atoms with Gasteiger partial charge in [0.1, 0.15) is 5.75 Å². The molecule has 0 bridgehead atoms. The van der Waals surface area contributed by atoms with Gasteiger partial charge in [0.25, 0.3) is 5.91 Å². The van der Waals surface area contributed by atoms with Crippen molar-refractivity contribution in [3.8, 4) is 5.75 Å². The Morgan fingerprint density at radius 2 is 2.32 bits per heavy atom. The van der Waals surface area contributed by atoms with Crippen molar-refractivity contribution in [2.75, 3.05) is 27.2 Å². The van der Waals surface area contributed by atoms with Crippen molar-refractivity contribution in [3.63, 3.8) is 0 Å². The van der Waals surface area contributed by atoms with Gasteiger partial charge in [-0.05, 0) is 38.1 Å². The number of ether oxygens (including phenoxy) is 1. The lowest BCUT2D eigenvalue weighted by molar-refractivity contribution is 0.0695. The summed E-state index contributed by atoms with van der Waals surface area (Å²) in [5, 5.41) is 3.25. The van der Waals surface area contributed by atoms with Gasteiger partial charge in [-0.15, -0.1) is 0 Å². The minimum absolute atomic E-state index is 0.0456. The Balaban J connectivity index is 2.19. The van der Waals surface area contributed by atoms with Gasteiger partial charge in [-0.1, -0.05) is 15.9 Å². The average Bonchev–Trinajstić information content (AvgIpc) is 2.46. The van der Waals surface area contributed by atoms with E-state index in [9.17, 15) is 4.79 Å². The summed E-state index contributed by atoms with van der Waals surface area (Å²) in [6.45, 7) is 1.57. The number of amides is 1. The van der Waals surface area contributed by atoms with Crippen LogP contribution in [0.15, 0.2) is 22.7 Å². The van der Waals surface area contributed by atoms with Crippen molar-refractivity contribution >= 4 is 21.8 Å². The van der Waals surface area contributed by atoms with Crippen molar-refractivity contribution in [3.05, 3.63) is 28.2 Å². The number of rotatable bonds is 3. The lowest BCUT2D eigenvalue weighted by atomic mass is 10.0. The zero-order chi connectivity index (χ0) is 13.8. The second-order valence-electron chi connectivity index (χ2n) is 4.72. The smallest absolute Gasteiger partial charge is 0.257 e. The molecular formula is C14H19BrN2O2. The molecule has 0 radical (unpaired) electrons. The fourth-order valence-electron chi connectivity index (χ4n) is 2.41. The molecule has 4 nitrogen and oxygen atoms in total. The molecule has 0 spiro atoms. The Kier molecular flexibility index (Phi) is 4.82. The highest BCUT2D eigenvalue weighted by Gasteiger charge is 2.25. The number of carbonyl (C=O) groups excluding carboxylic acids is 1. The average molecular weight is 327 g/mol. The van der Waals surface area contributed by atoms with Crippen LogP contribution in [0.2, 0.25) is 0 Å². The zero-order valence-electron chi connectivity index (χ0n) is 11.3. The maximum absolute atomic E-state index is 12.6. The van der Waals surface area contributed by atoms with Crippen LogP contribution < -0.4 is 10.1 Å². The quantitative estimate of drug-likeness (QED) is 0.926. The topological polar surface area (TPSA) is 41.6 Å². The van der Waals surface area contributed by atoms with Crippen LogP contribution in [0.4, 0.5) is 0 Å². The first kappa shape index (κ1) is 14.3. The number of hydrogen-bond donors (Lipinski definition) is 1. The van der Waals surface area contributed by atoms with Gasteiger partial charge in [-0.25, -0.2) is 0 Å². The highest BCUT2D eigenvalue weighted by atomic mass is 79.9. The Labute approximate surface area is 122 Å². The van der Waals surface area contributed by atoms with Crippen LogP contribution >= 0.6 is 15.9 Å². The SMILES string of the molecule is CN[C@H]1CCCN(C(=O)c2ccc(Br)cc2OC)C1. The molecular weight excluding hydrogens is 308 g/mol. The predicted octanol–water partition coefficient (Wildman–Crippen LogP) is 2.28. The highest BCUT2D eigenvalue weighted by Crippen LogP contribution is 2.25. The normalized spacial score (nSPS) is 19.3. The molecule has 1 fully saturated rings. The number of methoxy groups -OCH3 is 1. The van der Waals surface area contributed by atoms with Gasteiger partial charge in [0.05, 0.1) is 12.7 Å². The van der Waals surface area contributed by atoms with E-state index < -0.39 is 0 Å². The number of halogens is 1. The molecule has 1 heterocycles. The lowest BCUT2D eigenvalue weighted by Crippen LogP contribution is -2.47. The molecule has 1 aliphatic heterocycles. The lowest BCUT2D eigenvalue weighted by Gasteiger charge is -2.32. The molecule has 0 saturated carbocycles. The highest BCUT2D eigenvalue weighted by molar-refractivity contribution is 9.10. The van der Waals surface area contributed by atoms with Gasteiger partial charge < -0.3 is 15.0 Å². The van der Waals surface area contributed by atoms with Crippen LogP contribution in [0.1, 0.15) is 23.2 Å². The predicted molar refractivity (Wildman–Crippen MR) is 78.7 cm³/mol. The van der Waals surface area contributed by atoms with Crippen molar-refractivity contribution in [1.82, 2.24) is 10.2 Å². The summed E-state index contributed by atoms with van der Waals surface area (Å²) in [5.41, 5.74) is 0.627. The first-order chi connectivity index (χ1) is 9.15. The van der Waals surface area contributed by atoms with E-state index in [2.05, 4.69) is 21.2 Å². The van der Waals surface area contributed by atoms with Crippen molar-refractivity contribution in [2.45, 2.75) is 18.9 Å². The molecule has 5 heteroatoms. The van der Waals surface area contributed by atoms with Gasteiger partial charge in [-0.2, -0.15) is 0 Å². The maximum atomic E-state index is 12.6. The maximum Gasteiger partial charge on any atom is 0.257 e. The van der Waals surface area contributed by atoms with E-state index in [1.807, 2.05) is 30.1 Å². The Morgan fingerprint density at radius 3 is 3.00 bits per heavy atom. The first-order valence-electron chi connectivity index (χ1n) is 6.45. The van der Waals surface area contributed by atoms with Crippen molar-refractivity contribution in [1.29, 1.82) is 0 Å². The first-order valence-corrected chi connectivity index (χ1v) is 7.25. The van der Waals surface area contributed by atoms with Crippen LogP contribution in [-0.2, 0) is 0 Å². The zero-order valence-corrected chi connectivity index (χ0v) is 12.9. The van der Waals surface area contributed by atoms with Crippen LogP contribution in [0.25, 0.3) is 0 Å². The molecule has 0 aliphatic carbocycles. The van der Waals surface area contributed by atoms with E-state index in [-0.39, 0.29) is 5.91 Å². The molecule has 19 heavy (non-hydrogen) atoms. The number of piperidine rings is 1. The number of carbonyl (C=O) groups is 1. The van der Waals surface area contributed by atoms with Gasteiger partial charge >= 0.3 is 0 Å². The van der Waals surface area contributed by atoms with Crippen LogP contribution in [-0.4, -0.2) is 44.1 Å². The molecule has 1 amide bonds. The van der Waals surface area contributed by atoms with E-state index in [0.717, 1.165) is 30.4 Å². The minimum Gasteiger partial charge on any atom is -0.496 e. The van der Waals surface area contributed by atoms with Gasteiger partial charge in [0, 0.05) is 23.6 Å². The third-order valence-electron chi connectivity index (χ3n) is 3.51. The molecule has 1 atom stereocenters. The Hall–Kier alpha value is -1.07.